The van der Waals surface area contributed by atoms with Crippen LogP contribution < -0.4 is 10.5 Å². The van der Waals surface area contributed by atoms with E-state index < -0.39 is 21.4 Å². The predicted molar refractivity (Wildman–Crippen MR) is 58.8 cm³/mol. The zero-order valence-electron chi connectivity index (χ0n) is 9.02. The predicted octanol–water partition coefficient (Wildman–Crippen LogP) is -0.443. The smallest absolute Gasteiger partial charge is 0.215 e. The molecule has 0 aromatic heterocycles. The molecule has 5 nitrogen and oxygen atoms in total. The molecule has 4 N–H and O–H groups in total. The molecule has 1 aliphatic rings. The number of hydrogen-bond donors (Lipinski definition) is 3. The fourth-order valence-electron chi connectivity index (χ4n) is 1.70. The molecular weight excluding hydrogens is 216 g/mol. The molecule has 3 atom stereocenters. The fourth-order valence-corrected chi connectivity index (χ4v) is 2.89. The Morgan fingerprint density at radius 1 is 1.47 bits per heavy atom. The van der Waals surface area contributed by atoms with Gasteiger partial charge in [0.05, 0.1) is 11.4 Å². The van der Waals surface area contributed by atoms with E-state index in [-0.39, 0.29) is 12.6 Å². The van der Waals surface area contributed by atoms with Crippen molar-refractivity contribution in [1.82, 2.24) is 4.72 Å². The van der Waals surface area contributed by atoms with Gasteiger partial charge in [-0.05, 0) is 19.8 Å². The van der Waals surface area contributed by atoms with Crippen molar-refractivity contribution in [3.8, 4) is 0 Å². The normalized spacial score (nSPS) is 30.1. The minimum Gasteiger partial charge on any atom is -0.391 e. The molecule has 1 fully saturated rings. The van der Waals surface area contributed by atoms with Gasteiger partial charge in [0.15, 0.2) is 0 Å². The summed E-state index contributed by atoms with van der Waals surface area (Å²) in [4.78, 5) is 0. The summed E-state index contributed by atoms with van der Waals surface area (Å²) in [6.45, 7) is 1.66. The standard InChI is InChI=1S/C9H20N2O3S/c1-7(6-10)15(13,14)11-8-4-2-3-5-9(8)12/h7-9,11-12H,2-6,10H2,1H3. The molecule has 0 spiro atoms. The van der Waals surface area contributed by atoms with Crippen LogP contribution in [0.3, 0.4) is 0 Å². The number of aliphatic hydroxyl groups is 1. The van der Waals surface area contributed by atoms with Crippen LogP contribution in [0.2, 0.25) is 0 Å². The largest absolute Gasteiger partial charge is 0.391 e. The summed E-state index contributed by atoms with van der Waals surface area (Å²) in [7, 11) is -3.38. The Labute approximate surface area is 91.1 Å². The highest BCUT2D eigenvalue weighted by atomic mass is 32.2. The van der Waals surface area contributed by atoms with E-state index in [1.165, 1.54) is 0 Å². The van der Waals surface area contributed by atoms with Crippen molar-refractivity contribution in [3.05, 3.63) is 0 Å². The van der Waals surface area contributed by atoms with Gasteiger partial charge in [-0.1, -0.05) is 12.8 Å². The second-order valence-electron chi connectivity index (χ2n) is 4.17. The summed E-state index contributed by atoms with van der Waals surface area (Å²) >= 11 is 0. The molecule has 0 aliphatic heterocycles. The number of sulfonamides is 1. The molecule has 15 heavy (non-hydrogen) atoms. The summed E-state index contributed by atoms with van der Waals surface area (Å²) < 4.78 is 25.9. The number of hydrogen-bond acceptors (Lipinski definition) is 4. The number of nitrogens with two attached hydrogens (primary N) is 1. The van der Waals surface area contributed by atoms with E-state index in [9.17, 15) is 13.5 Å². The van der Waals surface area contributed by atoms with Gasteiger partial charge in [-0.25, -0.2) is 13.1 Å². The Morgan fingerprint density at radius 3 is 2.60 bits per heavy atom. The van der Waals surface area contributed by atoms with Crippen LogP contribution in [0.15, 0.2) is 0 Å². The van der Waals surface area contributed by atoms with Gasteiger partial charge in [-0.3, -0.25) is 0 Å². The van der Waals surface area contributed by atoms with Gasteiger partial charge >= 0.3 is 0 Å². The fraction of sp³-hybridized carbons (Fsp3) is 1.00. The summed E-state index contributed by atoms with van der Waals surface area (Å²) in [5.41, 5.74) is 5.32. The molecule has 1 saturated carbocycles. The lowest BCUT2D eigenvalue weighted by Crippen LogP contribution is -2.48. The van der Waals surface area contributed by atoms with Gasteiger partial charge in [-0.2, -0.15) is 0 Å². The van der Waals surface area contributed by atoms with E-state index >= 15 is 0 Å². The molecule has 0 aromatic rings. The van der Waals surface area contributed by atoms with Gasteiger partial charge in [0.25, 0.3) is 0 Å². The van der Waals surface area contributed by atoms with Gasteiger partial charge in [0.1, 0.15) is 0 Å². The molecule has 0 bridgehead atoms. The van der Waals surface area contributed by atoms with Crippen molar-refractivity contribution in [2.45, 2.75) is 50.0 Å². The van der Waals surface area contributed by atoms with Crippen molar-refractivity contribution in [2.24, 2.45) is 5.73 Å². The third-order valence-corrected chi connectivity index (χ3v) is 4.79. The van der Waals surface area contributed by atoms with Crippen molar-refractivity contribution >= 4 is 10.0 Å². The lowest BCUT2D eigenvalue weighted by molar-refractivity contribution is 0.101. The molecule has 90 valence electrons. The van der Waals surface area contributed by atoms with E-state index in [0.29, 0.717) is 12.8 Å². The average Bonchev–Trinajstić information content (AvgIpc) is 2.20. The van der Waals surface area contributed by atoms with Crippen LogP contribution in [-0.2, 0) is 10.0 Å². The molecular formula is C9H20N2O3S. The Kier molecular flexibility index (Phi) is 4.51. The van der Waals surface area contributed by atoms with Crippen LogP contribution in [0.5, 0.6) is 0 Å². The van der Waals surface area contributed by atoms with Gasteiger partial charge < -0.3 is 10.8 Å². The van der Waals surface area contributed by atoms with E-state index in [2.05, 4.69) is 4.72 Å². The third-order valence-electron chi connectivity index (χ3n) is 2.91. The second kappa shape index (κ2) is 5.25. The molecule has 0 heterocycles. The Morgan fingerprint density at radius 2 is 2.07 bits per heavy atom. The lowest BCUT2D eigenvalue weighted by atomic mass is 9.93. The van der Waals surface area contributed by atoms with Crippen molar-refractivity contribution in [3.63, 3.8) is 0 Å². The second-order valence-corrected chi connectivity index (χ2v) is 6.30. The first-order valence-electron chi connectivity index (χ1n) is 5.36. The molecule has 0 aromatic carbocycles. The Bertz CT molecular complexity index is 292. The minimum atomic E-state index is -3.38. The SMILES string of the molecule is CC(CN)S(=O)(=O)NC1CCCCC1O. The van der Waals surface area contributed by atoms with E-state index in [1.54, 1.807) is 6.92 Å². The van der Waals surface area contributed by atoms with Crippen LogP contribution in [0, 0.1) is 0 Å². The Hall–Kier alpha value is -0.170. The zero-order chi connectivity index (χ0) is 11.5. The summed E-state index contributed by atoms with van der Waals surface area (Å²) in [5, 5.41) is 9.02. The maximum atomic E-state index is 11.7. The van der Waals surface area contributed by atoms with E-state index in [1.807, 2.05) is 0 Å². The summed E-state index contributed by atoms with van der Waals surface area (Å²) in [6.07, 6.45) is 2.74. The molecule has 1 aliphatic carbocycles. The lowest BCUT2D eigenvalue weighted by Gasteiger charge is -2.29. The summed E-state index contributed by atoms with van der Waals surface area (Å²) in [5.74, 6) is 0. The maximum absolute atomic E-state index is 11.7. The van der Waals surface area contributed by atoms with Crippen molar-refractivity contribution in [1.29, 1.82) is 0 Å². The third kappa shape index (κ3) is 3.41. The van der Waals surface area contributed by atoms with Crippen molar-refractivity contribution < 1.29 is 13.5 Å². The maximum Gasteiger partial charge on any atom is 0.215 e. The molecule has 0 radical (unpaired) electrons. The van der Waals surface area contributed by atoms with Crippen LogP contribution in [0.4, 0.5) is 0 Å². The zero-order valence-corrected chi connectivity index (χ0v) is 9.83. The van der Waals surface area contributed by atoms with Crippen LogP contribution in [0.25, 0.3) is 0 Å². The molecule has 0 saturated heterocycles. The van der Waals surface area contributed by atoms with Gasteiger partial charge in [0.2, 0.25) is 10.0 Å². The van der Waals surface area contributed by atoms with E-state index in [0.717, 1.165) is 12.8 Å². The molecule has 3 unspecified atom stereocenters. The highest BCUT2D eigenvalue weighted by Gasteiger charge is 2.29. The summed E-state index contributed by atoms with van der Waals surface area (Å²) in [6, 6.07) is -0.335. The number of rotatable bonds is 4. The van der Waals surface area contributed by atoms with E-state index in [4.69, 9.17) is 5.73 Å². The van der Waals surface area contributed by atoms with Crippen LogP contribution >= 0.6 is 0 Å². The van der Waals surface area contributed by atoms with Gasteiger partial charge in [-0.15, -0.1) is 0 Å². The molecule has 1 rings (SSSR count). The van der Waals surface area contributed by atoms with Crippen LogP contribution in [-0.4, -0.2) is 37.5 Å². The van der Waals surface area contributed by atoms with Crippen LogP contribution in [0.1, 0.15) is 32.6 Å². The first kappa shape index (κ1) is 12.9. The monoisotopic (exact) mass is 236 g/mol. The number of aliphatic hydroxyl groups excluding tert-OH is 1. The first-order chi connectivity index (χ1) is 6.97. The molecule has 6 heteroatoms. The van der Waals surface area contributed by atoms with Gasteiger partial charge in [0, 0.05) is 12.6 Å². The Balaban J connectivity index is 2.59. The number of nitrogens with one attached hydrogen (secondary N) is 1. The average molecular weight is 236 g/mol. The highest BCUT2D eigenvalue weighted by Crippen LogP contribution is 2.19. The minimum absolute atomic E-state index is 0.0954. The topological polar surface area (TPSA) is 92.4 Å². The quantitative estimate of drug-likeness (QED) is 0.617. The molecule has 0 amide bonds. The first-order valence-corrected chi connectivity index (χ1v) is 6.91. The van der Waals surface area contributed by atoms with Crippen molar-refractivity contribution in [2.75, 3.05) is 6.54 Å². The highest BCUT2D eigenvalue weighted by molar-refractivity contribution is 7.90.